The Morgan fingerprint density at radius 2 is 2.00 bits per heavy atom. The van der Waals surface area contributed by atoms with Crippen molar-refractivity contribution >= 4 is 5.97 Å². The third-order valence-corrected chi connectivity index (χ3v) is 3.61. The van der Waals surface area contributed by atoms with E-state index in [9.17, 15) is 18.0 Å². The van der Waals surface area contributed by atoms with Gasteiger partial charge in [0.15, 0.2) is 0 Å². The number of hydrogen-bond donors (Lipinski definition) is 1. The summed E-state index contributed by atoms with van der Waals surface area (Å²) in [5.74, 6) is -3.81. The van der Waals surface area contributed by atoms with Gasteiger partial charge in [-0.1, -0.05) is 0 Å². The van der Waals surface area contributed by atoms with Gasteiger partial charge in [-0.15, -0.1) is 0 Å². The van der Waals surface area contributed by atoms with Crippen molar-refractivity contribution in [1.82, 2.24) is 0 Å². The van der Waals surface area contributed by atoms with Crippen LogP contribution in [0.2, 0.25) is 0 Å². The molecule has 0 bridgehead atoms. The molecule has 2 rings (SSSR count). The van der Waals surface area contributed by atoms with Crippen molar-refractivity contribution in [3.8, 4) is 0 Å². The first kappa shape index (κ1) is 11.7. The molecule has 6 heteroatoms. The van der Waals surface area contributed by atoms with E-state index in [0.29, 0.717) is 13.0 Å². The number of aliphatic carboxylic acids is 1. The van der Waals surface area contributed by atoms with Crippen LogP contribution in [0.3, 0.4) is 0 Å². The van der Waals surface area contributed by atoms with E-state index in [1.165, 1.54) is 0 Å². The summed E-state index contributed by atoms with van der Waals surface area (Å²) in [7, 11) is 0. The Labute approximate surface area is 90.6 Å². The van der Waals surface area contributed by atoms with E-state index in [2.05, 4.69) is 0 Å². The summed E-state index contributed by atoms with van der Waals surface area (Å²) in [5.41, 5.74) is 0. The molecule has 1 aliphatic heterocycles. The first-order valence-electron chi connectivity index (χ1n) is 5.30. The highest BCUT2D eigenvalue weighted by Crippen LogP contribution is 2.46. The zero-order valence-electron chi connectivity index (χ0n) is 8.54. The molecule has 0 aromatic rings. The Balaban J connectivity index is 2.16. The number of alkyl halides is 3. The molecule has 0 aromatic heterocycles. The topological polar surface area (TPSA) is 46.5 Å². The minimum Gasteiger partial charge on any atom is -0.481 e. The first-order chi connectivity index (χ1) is 7.39. The van der Waals surface area contributed by atoms with Gasteiger partial charge in [0, 0.05) is 12.5 Å². The molecular weight excluding hydrogens is 225 g/mol. The number of rotatable bonds is 1. The van der Waals surface area contributed by atoms with Gasteiger partial charge >= 0.3 is 12.1 Å². The van der Waals surface area contributed by atoms with Crippen LogP contribution in [0.4, 0.5) is 13.2 Å². The van der Waals surface area contributed by atoms with Crippen molar-refractivity contribution in [1.29, 1.82) is 0 Å². The molecule has 3 nitrogen and oxygen atoms in total. The fourth-order valence-corrected chi connectivity index (χ4v) is 2.78. The van der Waals surface area contributed by atoms with Gasteiger partial charge in [-0.2, -0.15) is 13.2 Å². The quantitative estimate of drug-likeness (QED) is 0.760. The van der Waals surface area contributed by atoms with Crippen molar-refractivity contribution in [2.75, 3.05) is 6.61 Å². The molecule has 1 saturated heterocycles. The van der Waals surface area contributed by atoms with Crippen LogP contribution in [-0.2, 0) is 9.53 Å². The molecule has 2 fully saturated rings. The second kappa shape index (κ2) is 3.91. The molecule has 0 unspecified atom stereocenters. The molecule has 1 heterocycles. The maximum absolute atomic E-state index is 12.6. The van der Waals surface area contributed by atoms with Crippen molar-refractivity contribution < 1.29 is 27.8 Å². The summed E-state index contributed by atoms with van der Waals surface area (Å²) in [5, 5.41) is 8.95. The van der Waals surface area contributed by atoms with Crippen LogP contribution in [0.1, 0.15) is 19.3 Å². The Bertz CT molecular complexity index is 290. The van der Waals surface area contributed by atoms with E-state index < -0.39 is 30.1 Å². The molecular formula is C10H13F3O3. The maximum atomic E-state index is 12.6. The van der Waals surface area contributed by atoms with Crippen LogP contribution in [0.25, 0.3) is 0 Å². The number of carbonyl (C=O) groups is 1. The summed E-state index contributed by atoms with van der Waals surface area (Å²) < 4.78 is 43.0. The molecule has 16 heavy (non-hydrogen) atoms. The summed E-state index contributed by atoms with van der Waals surface area (Å²) in [6.45, 7) is 0.379. The monoisotopic (exact) mass is 238 g/mol. The lowest BCUT2D eigenvalue weighted by Gasteiger charge is -2.36. The SMILES string of the molecule is O=C(O)[C@@H]1C[C@H](C(F)(F)F)C[C@H]2OCC[C@@H]21. The smallest absolute Gasteiger partial charge is 0.391 e. The molecule has 0 radical (unpaired) electrons. The summed E-state index contributed by atoms with van der Waals surface area (Å²) in [6, 6.07) is 0. The average molecular weight is 238 g/mol. The Morgan fingerprint density at radius 3 is 2.56 bits per heavy atom. The van der Waals surface area contributed by atoms with E-state index in [-0.39, 0.29) is 18.8 Å². The van der Waals surface area contributed by atoms with Crippen molar-refractivity contribution in [3.63, 3.8) is 0 Å². The molecule has 1 saturated carbocycles. The molecule has 4 atom stereocenters. The number of halogens is 3. The zero-order valence-corrected chi connectivity index (χ0v) is 8.54. The molecule has 1 aliphatic carbocycles. The normalized spacial score (nSPS) is 39.4. The van der Waals surface area contributed by atoms with Crippen LogP contribution in [0, 0.1) is 17.8 Å². The first-order valence-corrected chi connectivity index (χ1v) is 5.30. The number of hydrogen-bond acceptors (Lipinski definition) is 2. The van der Waals surface area contributed by atoms with E-state index in [0.717, 1.165) is 0 Å². The van der Waals surface area contributed by atoms with Gasteiger partial charge in [0.05, 0.1) is 17.9 Å². The van der Waals surface area contributed by atoms with E-state index in [1.54, 1.807) is 0 Å². The van der Waals surface area contributed by atoms with Crippen LogP contribution in [0.5, 0.6) is 0 Å². The van der Waals surface area contributed by atoms with Crippen LogP contribution in [-0.4, -0.2) is 30.0 Å². The third kappa shape index (κ3) is 2.03. The van der Waals surface area contributed by atoms with Crippen LogP contribution < -0.4 is 0 Å². The molecule has 0 aromatic carbocycles. The van der Waals surface area contributed by atoms with Gasteiger partial charge in [-0.05, 0) is 19.3 Å². The van der Waals surface area contributed by atoms with Crippen molar-refractivity contribution in [2.24, 2.45) is 17.8 Å². The predicted octanol–water partition coefficient (Wildman–Crippen LogP) is 2.06. The standard InChI is InChI=1S/C10H13F3O3/c11-10(12,13)5-3-7(9(14)15)6-1-2-16-8(6)4-5/h5-8H,1-4H2,(H,14,15)/t5-,6+,7+,8+/m0/s1. The highest BCUT2D eigenvalue weighted by atomic mass is 19.4. The summed E-state index contributed by atoms with van der Waals surface area (Å²) >= 11 is 0. The van der Waals surface area contributed by atoms with Gasteiger partial charge < -0.3 is 9.84 Å². The predicted molar refractivity (Wildman–Crippen MR) is 47.8 cm³/mol. The van der Waals surface area contributed by atoms with E-state index >= 15 is 0 Å². The number of carboxylic acids is 1. The second-order valence-electron chi connectivity index (χ2n) is 4.52. The Hall–Kier alpha value is -0.780. The Morgan fingerprint density at radius 1 is 1.31 bits per heavy atom. The second-order valence-corrected chi connectivity index (χ2v) is 4.52. The minimum absolute atomic E-state index is 0.0854. The molecule has 1 N–H and O–H groups in total. The van der Waals surface area contributed by atoms with Gasteiger partial charge in [-0.25, -0.2) is 0 Å². The van der Waals surface area contributed by atoms with E-state index in [4.69, 9.17) is 9.84 Å². The average Bonchev–Trinajstić information content (AvgIpc) is 2.61. The number of carboxylic acid groups (broad SMARTS) is 1. The fraction of sp³-hybridized carbons (Fsp3) is 0.900. The van der Waals surface area contributed by atoms with Crippen LogP contribution in [0.15, 0.2) is 0 Å². The number of ether oxygens (including phenoxy) is 1. The minimum atomic E-state index is -4.31. The molecule has 92 valence electrons. The summed E-state index contributed by atoms with van der Waals surface area (Å²) in [4.78, 5) is 10.9. The molecule has 0 spiro atoms. The number of fused-ring (bicyclic) bond motifs is 1. The van der Waals surface area contributed by atoms with E-state index in [1.807, 2.05) is 0 Å². The third-order valence-electron chi connectivity index (χ3n) is 3.61. The fourth-order valence-electron chi connectivity index (χ4n) is 2.78. The lowest BCUT2D eigenvalue weighted by Crippen LogP contribution is -2.42. The molecule has 2 aliphatic rings. The highest BCUT2D eigenvalue weighted by Gasteiger charge is 2.52. The maximum Gasteiger partial charge on any atom is 0.391 e. The molecule has 0 amide bonds. The lowest BCUT2D eigenvalue weighted by atomic mass is 9.72. The van der Waals surface area contributed by atoms with Gasteiger partial charge in [0.1, 0.15) is 0 Å². The summed E-state index contributed by atoms with van der Waals surface area (Å²) in [6.07, 6.45) is -4.67. The largest absolute Gasteiger partial charge is 0.481 e. The van der Waals surface area contributed by atoms with Gasteiger partial charge in [-0.3, -0.25) is 4.79 Å². The van der Waals surface area contributed by atoms with Crippen molar-refractivity contribution in [3.05, 3.63) is 0 Å². The zero-order chi connectivity index (χ0) is 11.9. The van der Waals surface area contributed by atoms with Gasteiger partial charge in [0.25, 0.3) is 0 Å². The lowest BCUT2D eigenvalue weighted by molar-refractivity contribution is -0.200. The van der Waals surface area contributed by atoms with Crippen LogP contribution >= 0.6 is 0 Å². The van der Waals surface area contributed by atoms with Crippen molar-refractivity contribution in [2.45, 2.75) is 31.5 Å². The van der Waals surface area contributed by atoms with Gasteiger partial charge in [0.2, 0.25) is 0 Å². The Kier molecular flexibility index (Phi) is 2.86. The highest BCUT2D eigenvalue weighted by molar-refractivity contribution is 5.70.